The quantitative estimate of drug-likeness (QED) is 0.284. The van der Waals surface area contributed by atoms with Crippen LogP contribution in [0.25, 0.3) is 0 Å². The first kappa shape index (κ1) is 26.3. The van der Waals surface area contributed by atoms with Crippen molar-refractivity contribution in [2.24, 2.45) is 0 Å². The molecule has 3 rings (SSSR count). The van der Waals surface area contributed by atoms with Crippen LogP contribution in [0.5, 0.6) is 5.75 Å². The van der Waals surface area contributed by atoms with Crippen molar-refractivity contribution in [3.05, 3.63) is 65.5 Å². The van der Waals surface area contributed by atoms with Gasteiger partial charge in [-0.25, -0.2) is 4.79 Å². The first-order chi connectivity index (χ1) is 16.8. The van der Waals surface area contributed by atoms with Gasteiger partial charge in [0.05, 0.1) is 17.4 Å². The van der Waals surface area contributed by atoms with Crippen molar-refractivity contribution in [3.63, 3.8) is 0 Å². The zero-order valence-corrected chi connectivity index (χ0v) is 21.6. The molecule has 0 spiro atoms. The fraction of sp³-hybridized carbons (Fsp3) is 0.385. The van der Waals surface area contributed by atoms with Crippen LogP contribution in [-0.4, -0.2) is 38.5 Å². The lowest BCUT2D eigenvalue weighted by atomic mass is 10.2. The number of anilines is 1. The van der Waals surface area contributed by atoms with E-state index in [-0.39, 0.29) is 23.9 Å². The number of nitrogens with one attached hydrogen (secondary N) is 1. The summed E-state index contributed by atoms with van der Waals surface area (Å²) in [6.07, 6.45) is 0.462. The number of esters is 1. The third-order valence-corrected chi connectivity index (χ3v) is 6.09. The van der Waals surface area contributed by atoms with E-state index in [1.165, 1.54) is 17.3 Å². The Bertz CT molecular complexity index is 1140. The van der Waals surface area contributed by atoms with Crippen LogP contribution in [0, 0.1) is 0 Å². The number of hydrogen-bond donors (Lipinski definition) is 1. The summed E-state index contributed by atoms with van der Waals surface area (Å²) in [7, 11) is 0. The maximum Gasteiger partial charge on any atom is 0.338 e. The van der Waals surface area contributed by atoms with Gasteiger partial charge in [0.1, 0.15) is 5.75 Å². The Kier molecular flexibility index (Phi) is 9.31. The van der Waals surface area contributed by atoms with E-state index >= 15 is 0 Å². The zero-order valence-electron chi connectivity index (χ0n) is 20.8. The Morgan fingerprint density at radius 3 is 2.46 bits per heavy atom. The highest BCUT2D eigenvalue weighted by atomic mass is 32.2. The number of ether oxygens (including phenoxy) is 2. The second kappa shape index (κ2) is 12.4. The summed E-state index contributed by atoms with van der Waals surface area (Å²) in [5, 5.41) is 12.1. The van der Waals surface area contributed by atoms with Crippen LogP contribution in [0.2, 0.25) is 0 Å². The normalized spacial score (nSPS) is 11.8. The molecule has 0 aliphatic carbocycles. The molecule has 0 radical (unpaired) electrons. The minimum Gasteiger partial charge on any atom is -0.483 e. The third kappa shape index (κ3) is 7.32. The van der Waals surface area contributed by atoms with Gasteiger partial charge in [0.15, 0.2) is 17.1 Å². The van der Waals surface area contributed by atoms with Gasteiger partial charge in [-0.1, -0.05) is 36.9 Å². The summed E-state index contributed by atoms with van der Waals surface area (Å²) in [4.78, 5) is 24.7. The van der Waals surface area contributed by atoms with Gasteiger partial charge in [0.25, 0.3) is 0 Å². The molecule has 1 heterocycles. The molecule has 0 fully saturated rings. The molecular formula is C26H32N4O4S. The van der Waals surface area contributed by atoms with Gasteiger partial charge in [0.2, 0.25) is 5.91 Å². The van der Waals surface area contributed by atoms with Crippen LogP contribution in [0.1, 0.15) is 62.5 Å². The van der Waals surface area contributed by atoms with Crippen molar-refractivity contribution in [2.45, 2.75) is 64.9 Å². The molecule has 1 aromatic heterocycles. The highest BCUT2D eigenvalue weighted by Gasteiger charge is 2.20. The number of aryl methyl sites for hydroxylation is 1. The molecule has 1 atom stereocenters. The Morgan fingerprint density at radius 2 is 1.80 bits per heavy atom. The van der Waals surface area contributed by atoms with Crippen LogP contribution >= 0.6 is 11.8 Å². The van der Waals surface area contributed by atoms with Crippen LogP contribution in [0.3, 0.4) is 0 Å². The molecule has 0 bridgehead atoms. The summed E-state index contributed by atoms with van der Waals surface area (Å²) < 4.78 is 13.2. The lowest BCUT2D eigenvalue weighted by Gasteiger charge is -2.16. The molecule has 0 unspecified atom stereocenters. The number of thioether (sulfide) groups is 1. The van der Waals surface area contributed by atoms with Crippen molar-refractivity contribution < 1.29 is 19.1 Å². The van der Waals surface area contributed by atoms with Gasteiger partial charge in [-0.2, -0.15) is 0 Å². The molecule has 8 nitrogen and oxygen atoms in total. The van der Waals surface area contributed by atoms with E-state index in [0.29, 0.717) is 28.8 Å². The van der Waals surface area contributed by atoms with Gasteiger partial charge < -0.3 is 19.4 Å². The van der Waals surface area contributed by atoms with Gasteiger partial charge in [-0.3, -0.25) is 4.79 Å². The number of rotatable bonds is 11. The monoisotopic (exact) mass is 496 g/mol. The van der Waals surface area contributed by atoms with E-state index in [4.69, 9.17) is 9.47 Å². The molecule has 3 aromatic rings. The van der Waals surface area contributed by atoms with E-state index in [2.05, 4.69) is 34.6 Å². The third-order valence-electron chi connectivity index (χ3n) is 5.13. The fourth-order valence-corrected chi connectivity index (χ4v) is 4.21. The van der Waals surface area contributed by atoms with E-state index in [0.717, 1.165) is 12.2 Å². The highest BCUT2D eigenvalue weighted by molar-refractivity contribution is 7.99. The maximum atomic E-state index is 12.5. The minimum absolute atomic E-state index is 0.145. The summed E-state index contributed by atoms with van der Waals surface area (Å²) in [6.45, 7) is 10.3. The summed E-state index contributed by atoms with van der Waals surface area (Å²) in [6, 6.07) is 14.7. The number of hydrogen-bond acceptors (Lipinski definition) is 7. The molecule has 2 aromatic carbocycles. The first-order valence-electron chi connectivity index (χ1n) is 11.7. The van der Waals surface area contributed by atoms with E-state index < -0.39 is 5.97 Å². The average Bonchev–Trinajstić information content (AvgIpc) is 3.26. The molecule has 0 aliphatic rings. The van der Waals surface area contributed by atoms with Crippen LogP contribution in [0.4, 0.5) is 5.69 Å². The van der Waals surface area contributed by atoms with Crippen molar-refractivity contribution in [3.8, 4) is 5.75 Å². The van der Waals surface area contributed by atoms with Gasteiger partial charge >= 0.3 is 5.97 Å². The van der Waals surface area contributed by atoms with E-state index in [1.54, 1.807) is 38.1 Å². The van der Waals surface area contributed by atoms with Crippen molar-refractivity contribution in [1.29, 1.82) is 0 Å². The van der Waals surface area contributed by atoms with Crippen LogP contribution in [-0.2, 0) is 22.5 Å². The summed E-state index contributed by atoms with van der Waals surface area (Å²) in [5.41, 5.74) is 2.17. The molecule has 0 saturated carbocycles. The van der Waals surface area contributed by atoms with Gasteiger partial charge in [-0.05, 0) is 70.0 Å². The van der Waals surface area contributed by atoms with Crippen LogP contribution < -0.4 is 10.1 Å². The Morgan fingerprint density at radius 1 is 1.06 bits per heavy atom. The smallest absolute Gasteiger partial charge is 0.338 e. The summed E-state index contributed by atoms with van der Waals surface area (Å²) >= 11 is 1.30. The predicted octanol–water partition coefficient (Wildman–Crippen LogP) is 5.30. The zero-order chi connectivity index (χ0) is 25.4. The lowest BCUT2D eigenvalue weighted by molar-refractivity contribution is -0.113. The highest BCUT2D eigenvalue weighted by Crippen LogP contribution is 2.25. The number of carbonyl (C=O) groups excluding carboxylic acids is 2. The molecule has 1 N–H and O–H groups in total. The average molecular weight is 497 g/mol. The lowest BCUT2D eigenvalue weighted by Crippen LogP contribution is -2.16. The molecule has 1 amide bonds. The minimum atomic E-state index is -0.424. The number of nitrogens with zero attached hydrogens (tertiary/aromatic N) is 3. The molecule has 35 heavy (non-hydrogen) atoms. The van der Waals surface area contributed by atoms with E-state index in [1.807, 2.05) is 30.5 Å². The van der Waals surface area contributed by atoms with Crippen molar-refractivity contribution in [1.82, 2.24) is 14.8 Å². The molecule has 0 aliphatic heterocycles. The standard InChI is InChI=1S/C26H32N4O4S/c1-6-19-11-13-22(14-12-19)34-18(5)24-28-29-26(30(24)7-2)35-16-23(31)27-21-10-8-9-20(15-21)25(32)33-17(3)4/h8-15,17-18H,6-7,16H2,1-5H3,(H,27,31)/t18-/m1/s1. The number of benzene rings is 2. The predicted molar refractivity (Wildman–Crippen MR) is 137 cm³/mol. The maximum absolute atomic E-state index is 12.5. The first-order valence-corrected chi connectivity index (χ1v) is 12.7. The van der Waals surface area contributed by atoms with Crippen LogP contribution in [0.15, 0.2) is 53.7 Å². The Balaban J connectivity index is 1.60. The largest absolute Gasteiger partial charge is 0.483 e. The molecule has 9 heteroatoms. The SMILES string of the molecule is CCc1ccc(O[C@H](C)c2nnc(SCC(=O)Nc3cccc(C(=O)OC(C)C)c3)n2CC)cc1. The fourth-order valence-electron chi connectivity index (χ4n) is 3.40. The molecule has 186 valence electrons. The Labute approximate surface area is 210 Å². The second-order valence-corrected chi connectivity index (χ2v) is 9.16. The summed E-state index contributed by atoms with van der Waals surface area (Å²) in [5.74, 6) is 0.982. The number of carbonyl (C=O) groups is 2. The number of amides is 1. The number of aromatic nitrogens is 3. The molecule has 0 saturated heterocycles. The van der Waals surface area contributed by atoms with Gasteiger partial charge in [-0.15, -0.1) is 10.2 Å². The molecular weight excluding hydrogens is 464 g/mol. The Hall–Kier alpha value is -3.33. The van der Waals surface area contributed by atoms with Crippen molar-refractivity contribution >= 4 is 29.3 Å². The topological polar surface area (TPSA) is 95.3 Å². The van der Waals surface area contributed by atoms with Gasteiger partial charge in [0, 0.05) is 12.2 Å². The second-order valence-electron chi connectivity index (χ2n) is 8.21. The van der Waals surface area contributed by atoms with Crippen molar-refractivity contribution in [2.75, 3.05) is 11.1 Å². The van der Waals surface area contributed by atoms with E-state index in [9.17, 15) is 9.59 Å².